The van der Waals surface area contributed by atoms with Crippen LogP contribution in [0.15, 0.2) is 42.9 Å². The molecule has 4 nitrogen and oxygen atoms in total. The van der Waals surface area contributed by atoms with Gasteiger partial charge in [0, 0.05) is 42.9 Å². The zero-order chi connectivity index (χ0) is 16.2. The maximum absolute atomic E-state index is 12.8. The van der Waals surface area contributed by atoms with Gasteiger partial charge in [-0.25, -0.2) is 4.98 Å². The van der Waals surface area contributed by atoms with Gasteiger partial charge in [0.1, 0.15) is 0 Å². The highest BCUT2D eigenvalue weighted by atomic mass is 32.2. The molecule has 1 aliphatic heterocycles. The van der Waals surface area contributed by atoms with E-state index < -0.39 is 0 Å². The first-order valence-corrected chi connectivity index (χ1v) is 9.13. The van der Waals surface area contributed by atoms with E-state index in [0.717, 1.165) is 24.4 Å². The van der Waals surface area contributed by atoms with Crippen LogP contribution in [0.4, 0.5) is 0 Å². The van der Waals surface area contributed by atoms with Crippen LogP contribution < -0.4 is 0 Å². The van der Waals surface area contributed by atoms with E-state index in [2.05, 4.69) is 41.1 Å². The van der Waals surface area contributed by atoms with Gasteiger partial charge < -0.3 is 9.47 Å². The van der Waals surface area contributed by atoms with Crippen molar-refractivity contribution < 1.29 is 4.79 Å². The molecule has 0 saturated carbocycles. The molecule has 5 heteroatoms. The molecule has 0 N–H and O–H groups in total. The van der Waals surface area contributed by atoms with Gasteiger partial charge in [-0.3, -0.25) is 4.79 Å². The number of imidazole rings is 1. The van der Waals surface area contributed by atoms with Crippen molar-refractivity contribution in [2.45, 2.75) is 31.1 Å². The van der Waals surface area contributed by atoms with Crippen LogP contribution in [-0.4, -0.2) is 37.9 Å². The van der Waals surface area contributed by atoms with Crippen LogP contribution >= 0.6 is 11.8 Å². The molecule has 2 heterocycles. The Morgan fingerprint density at radius 3 is 2.83 bits per heavy atom. The topological polar surface area (TPSA) is 38.1 Å². The van der Waals surface area contributed by atoms with Crippen molar-refractivity contribution in [1.82, 2.24) is 14.5 Å². The monoisotopic (exact) mass is 329 g/mol. The summed E-state index contributed by atoms with van der Waals surface area (Å²) in [5, 5.41) is 0.423. The Balaban J connectivity index is 1.73. The first kappa shape index (κ1) is 16.1. The lowest BCUT2D eigenvalue weighted by molar-refractivity contribution is -0.133. The Morgan fingerprint density at radius 2 is 2.13 bits per heavy atom. The molecule has 0 bridgehead atoms. The van der Waals surface area contributed by atoms with E-state index in [4.69, 9.17) is 0 Å². The SMILES string of the molecule is C[C@H]1SCCN(C(=O)CCc2cncn2C)[C@@H]1c1ccccc1. The molecule has 0 aliphatic carbocycles. The highest BCUT2D eigenvalue weighted by Crippen LogP contribution is 2.36. The van der Waals surface area contributed by atoms with Crippen molar-refractivity contribution in [2.24, 2.45) is 7.05 Å². The molecule has 122 valence electrons. The highest BCUT2D eigenvalue weighted by molar-refractivity contribution is 8.00. The molecule has 23 heavy (non-hydrogen) atoms. The number of hydrogen-bond donors (Lipinski definition) is 0. The molecule has 1 aromatic carbocycles. The third-order valence-electron chi connectivity index (χ3n) is 4.47. The number of rotatable bonds is 4. The van der Waals surface area contributed by atoms with E-state index in [-0.39, 0.29) is 11.9 Å². The Kier molecular flexibility index (Phi) is 5.06. The van der Waals surface area contributed by atoms with Crippen LogP contribution in [0.1, 0.15) is 30.6 Å². The second kappa shape index (κ2) is 7.21. The van der Waals surface area contributed by atoms with Gasteiger partial charge in [-0.2, -0.15) is 11.8 Å². The molecule has 1 fully saturated rings. The molecular formula is C18H23N3OS. The molecule has 3 rings (SSSR count). The highest BCUT2D eigenvalue weighted by Gasteiger charge is 2.33. The fraction of sp³-hybridized carbons (Fsp3) is 0.444. The summed E-state index contributed by atoms with van der Waals surface area (Å²) in [6, 6.07) is 10.6. The van der Waals surface area contributed by atoms with E-state index in [1.54, 1.807) is 6.33 Å². The second-order valence-corrected chi connectivity index (χ2v) is 7.50. The van der Waals surface area contributed by atoms with Gasteiger partial charge in [-0.15, -0.1) is 0 Å². The number of carbonyl (C=O) groups excluding carboxylic acids is 1. The fourth-order valence-electron chi connectivity index (χ4n) is 3.21. The number of carbonyl (C=O) groups is 1. The Morgan fingerprint density at radius 1 is 1.35 bits per heavy atom. The van der Waals surface area contributed by atoms with Gasteiger partial charge in [0.2, 0.25) is 5.91 Å². The van der Waals surface area contributed by atoms with Gasteiger partial charge in [0.25, 0.3) is 0 Å². The Hall–Kier alpha value is -1.75. The first-order chi connectivity index (χ1) is 11.2. The zero-order valence-corrected chi connectivity index (χ0v) is 14.5. The molecular weight excluding hydrogens is 306 g/mol. The van der Waals surface area contributed by atoms with Crippen LogP contribution in [-0.2, 0) is 18.3 Å². The van der Waals surface area contributed by atoms with Crippen LogP contribution in [0.25, 0.3) is 0 Å². The number of nitrogens with zero attached hydrogens (tertiary/aromatic N) is 3. The van der Waals surface area contributed by atoms with Gasteiger partial charge in [0.05, 0.1) is 12.4 Å². The second-order valence-electron chi connectivity index (χ2n) is 6.01. The number of benzene rings is 1. The third-order valence-corrected chi connectivity index (χ3v) is 5.67. The van der Waals surface area contributed by atoms with E-state index in [0.29, 0.717) is 11.7 Å². The molecule has 1 aromatic heterocycles. The summed E-state index contributed by atoms with van der Waals surface area (Å²) in [7, 11) is 1.97. The number of aromatic nitrogens is 2. The number of thioether (sulfide) groups is 1. The van der Waals surface area contributed by atoms with Crippen molar-refractivity contribution in [2.75, 3.05) is 12.3 Å². The normalized spacial score (nSPS) is 21.4. The standard InChI is InChI=1S/C18H23N3OS/c1-14-18(15-6-4-3-5-7-15)21(10-11-23-14)17(22)9-8-16-12-19-13-20(16)2/h3-7,12-14,18H,8-11H2,1-2H3/t14-,18+/m1/s1. The minimum absolute atomic E-state index is 0.175. The summed E-state index contributed by atoms with van der Waals surface area (Å²) < 4.78 is 1.98. The maximum atomic E-state index is 12.8. The van der Waals surface area contributed by atoms with Crippen molar-refractivity contribution in [3.63, 3.8) is 0 Å². The maximum Gasteiger partial charge on any atom is 0.223 e. The smallest absolute Gasteiger partial charge is 0.223 e. The average Bonchev–Trinajstić information content (AvgIpc) is 2.98. The summed E-state index contributed by atoms with van der Waals surface area (Å²) in [5.74, 6) is 1.26. The molecule has 1 aliphatic rings. The lowest BCUT2D eigenvalue weighted by atomic mass is 10.0. The predicted octanol–water partition coefficient (Wildman–Crippen LogP) is 3.06. The van der Waals surface area contributed by atoms with Crippen LogP contribution in [0.2, 0.25) is 0 Å². The molecule has 0 radical (unpaired) electrons. The zero-order valence-electron chi connectivity index (χ0n) is 13.7. The molecule has 0 unspecified atom stereocenters. The van der Waals surface area contributed by atoms with Gasteiger partial charge in [-0.1, -0.05) is 37.3 Å². The van der Waals surface area contributed by atoms with Crippen molar-refractivity contribution >= 4 is 17.7 Å². The minimum Gasteiger partial charge on any atom is -0.338 e. The van der Waals surface area contributed by atoms with Crippen molar-refractivity contribution in [3.05, 3.63) is 54.1 Å². The minimum atomic E-state index is 0.175. The van der Waals surface area contributed by atoms with Gasteiger partial charge in [-0.05, 0) is 12.0 Å². The number of hydrogen-bond acceptors (Lipinski definition) is 3. The summed E-state index contributed by atoms with van der Waals surface area (Å²) in [6.45, 7) is 3.06. The van der Waals surface area contributed by atoms with Crippen LogP contribution in [0.3, 0.4) is 0 Å². The summed E-state index contributed by atoms with van der Waals surface area (Å²) in [5.41, 5.74) is 2.34. The molecule has 1 saturated heterocycles. The van der Waals surface area contributed by atoms with Crippen molar-refractivity contribution in [1.29, 1.82) is 0 Å². The summed E-state index contributed by atoms with van der Waals surface area (Å²) in [4.78, 5) is 19.0. The Bertz CT molecular complexity index is 655. The Labute approximate surface area is 141 Å². The average molecular weight is 329 g/mol. The van der Waals surface area contributed by atoms with Gasteiger partial charge in [0.15, 0.2) is 0 Å². The molecule has 2 atom stereocenters. The third kappa shape index (κ3) is 3.61. The largest absolute Gasteiger partial charge is 0.338 e. The van der Waals surface area contributed by atoms with E-state index in [1.807, 2.05) is 35.6 Å². The number of aryl methyl sites for hydroxylation is 2. The van der Waals surface area contributed by atoms with E-state index in [1.165, 1.54) is 5.56 Å². The number of amides is 1. The van der Waals surface area contributed by atoms with E-state index in [9.17, 15) is 4.79 Å². The lowest BCUT2D eigenvalue weighted by Gasteiger charge is -2.40. The fourth-order valence-corrected chi connectivity index (χ4v) is 4.37. The lowest BCUT2D eigenvalue weighted by Crippen LogP contribution is -2.44. The van der Waals surface area contributed by atoms with E-state index >= 15 is 0 Å². The van der Waals surface area contributed by atoms with Crippen LogP contribution in [0, 0.1) is 0 Å². The summed E-state index contributed by atoms with van der Waals surface area (Å²) in [6.07, 6.45) is 4.91. The summed E-state index contributed by atoms with van der Waals surface area (Å²) >= 11 is 1.95. The van der Waals surface area contributed by atoms with Gasteiger partial charge >= 0.3 is 0 Å². The molecule has 0 spiro atoms. The van der Waals surface area contributed by atoms with Crippen LogP contribution in [0.5, 0.6) is 0 Å². The van der Waals surface area contributed by atoms with Crippen molar-refractivity contribution in [3.8, 4) is 0 Å². The molecule has 1 amide bonds. The predicted molar refractivity (Wildman–Crippen MR) is 94.3 cm³/mol. The first-order valence-electron chi connectivity index (χ1n) is 8.08. The molecule has 2 aromatic rings. The quantitative estimate of drug-likeness (QED) is 0.865.